The summed E-state index contributed by atoms with van der Waals surface area (Å²) in [6.07, 6.45) is 3.63. The van der Waals surface area contributed by atoms with Crippen molar-refractivity contribution in [3.8, 4) is 11.4 Å². The number of carbonyl (C=O) groups is 1. The van der Waals surface area contributed by atoms with Crippen molar-refractivity contribution in [3.05, 3.63) is 130 Å². The second-order valence-electron chi connectivity index (χ2n) is 8.63. The number of para-hydroxylation sites is 2. The van der Waals surface area contributed by atoms with Crippen LogP contribution in [-0.2, 0) is 11.2 Å². The van der Waals surface area contributed by atoms with Gasteiger partial charge in [0.15, 0.2) is 0 Å². The summed E-state index contributed by atoms with van der Waals surface area (Å²) in [5, 5.41) is 10.2. The zero-order chi connectivity index (χ0) is 25.8. The maximum absolute atomic E-state index is 11.5. The molecule has 37 heavy (non-hydrogen) atoms. The number of nitrogens with zero attached hydrogens (tertiary/aromatic N) is 2. The van der Waals surface area contributed by atoms with E-state index in [1.165, 1.54) is 6.08 Å². The van der Waals surface area contributed by atoms with Crippen molar-refractivity contribution in [2.75, 3.05) is 0 Å². The number of aromatic nitrogens is 2. The first kappa shape index (κ1) is 24.8. The van der Waals surface area contributed by atoms with Gasteiger partial charge in [0.05, 0.1) is 17.1 Å². The minimum Gasteiger partial charge on any atom is -0.316 e. The van der Waals surface area contributed by atoms with Crippen LogP contribution in [0.1, 0.15) is 22.7 Å². The third-order valence-corrected chi connectivity index (χ3v) is 6.69. The summed E-state index contributed by atoms with van der Waals surface area (Å²) >= 11 is 12.4. The van der Waals surface area contributed by atoms with Crippen molar-refractivity contribution in [2.24, 2.45) is 0 Å². The third-order valence-electron chi connectivity index (χ3n) is 6.19. The average molecular weight is 528 g/mol. The largest absolute Gasteiger partial charge is 0.316 e. The molecule has 0 saturated carbocycles. The SMILES string of the molecule is O=C(C=Cc1cccc(-c2nc3ccccc3n2C(Cc2ccc(Cl)cc2)c2ccc(Cl)cc2)c1)NO. The number of carbonyl (C=O) groups excluding carboxylic acids is 1. The monoisotopic (exact) mass is 527 g/mol. The van der Waals surface area contributed by atoms with E-state index in [0.29, 0.717) is 16.5 Å². The molecule has 1 atom stereocenters. The van der Waals surface area contributed by atoms with Gasteiger partial charge in [-0.2, -0.15) is 0 Å². The van der Waals surface area contributed by atoms with E-state index in [9.17, 15) is 4.79 Å². The van der Waals surface area contributed by atoms with Gasteiger partial charge in [0, 0.05) is 21.7 Å². The van der Waals surface area contributed by atoms with Crippen molar-refractivity contribution in [1.82, 2.24) is 15.0 Å². The predicted molar refractivity (Wildman–Crippen MR) is 149 cm³/mol. The van der Waals surface area contributed by atoms with Gasteiger partial charge in [-0.3, -0.25) is 10.0 Å². The molecular weight excluding hydrogens is 505 g/mol. The molecule has 0 aliphatic carbocycles. The van der Waals surface area contributed by atoms with E-state index < -0.39 is 5.91 Å². The minimum absolute atomic E-state index is 0.0831. The highest BCUT2D eigenvalue weighted by atomic mass is 35.5. The lowest BCUT2D eigenvalue weighted by molar-refractivity contribution is -0.124. The van der Waals surface area contributed by atoms with E-state index in [2.05, 4.69) is 10.6 Å². The number of hydroxylamine groups is 1. The van der Waals surface area contributed by atoms with Crippen LogP contribution in [0.3, 0.4) is 0 Å². The predicted octanol–water partition coefficient (Wildman–Crippen LogP) is 7.36. The second kappa shape index (κ2) is 11.0. The van der Waals surface area contributed by atoms with E-state index >= 15 is 0 Å². The smallest absolute Gasteiger partial charge is 0.267 e. The lowest BCUT2D eigenvalue weighted by Gasteiger charge is -2.23. The molecule has 4 aromatic carbocycles. The molecule has 5 aromatic rings. The van der Waals surface area contributed by atoms with Gasteiger partial charge < -0.3 is 4.57 Å². The molecule has 184 valence electrons. The van der Waals surface area contributed by atoms with Crippen molar-refractivity contribution in [2.45, 2.75) is 12.5 Å². The molecular formula is C30H23Cl2N3O2. The van der Waals surface area contributed by atoms with Gasteiger partial charge in [-0.15, -0.1) is 0 Å². The standard InChI is InChI=1S/C30H23Cl2N3O2/c31-24-13-8-21(9-14-24)19-28(22-11-15-25(32)16-12-22)35-27-7-2-1-6-26(27)33-30(35)23-5-3-4-20(18-23)10-17-29(36)34-37/h1-18,28,37H,19H2,(H,34,36). The van der Waals surface area contributed by atoms with E-state index in [1.807, 2.05) is 91.0 Å². The fourth-order valence-electron chi connectivity index (χ4n) is 4.44. The molecule has 0 aliphatic rings. The van der Waals surface area contributed by atoms with Crippen LogP contribution < -0.4 is 5.48 Å². The number of fused-ring (bicyclic) bond motifs is 1. The number of nitrogens with one attached hydrogen (secondary N) is 1. The topological polar surface area (TPSA) is 67.2 Å². The Balaban J connectivity index is 1.68. The van der Waals surface area contributed by atoms with Gasteiger partial charge in [0.2, 0.25) is 0 Å². The molecule has 1 heterocycles. The van der Waals surface area contributed by atoms with Crippen molar-refractivity contribution < 1.29 is 10.0 Å². The average Bonchev–Trinajstić information content (AvgIpc) is 3.31. The second-order valence-corrected chi connectivity index (χ2v) is 9.50. The minimum atomic E-state index is -0.594. The molecule has 0 radical (unpaired) electrons. The Morgan fingerprint density at radius 3 is 2.35 bits per heavy atom. The summed E-state index contributed by atoms with van der Waals surface area (Å²) < 4.78 is 2.26. The van der Waals surface area contributed by atoms with Crippen LogP contribution in [0.5, 0.6) is 0 Å². The molecule has 0 spiro atoms. The van der Waals surface area contributed by atoms with E-state index in [0.717, 1.165) is 39.1 Å². The number of imidazole rings is 1. The molecule has 1 unspecified atom stereocenters. The number of halogens is 2. The zero-order valence-corrected chi connectivity index (χ0v) is 21.2. The highest BCUT2D eigenvalue weighted by Crippen LogP contribution is 2.34. The molecule has 5 rings (SSSR count). The number of benzene rings is 4. The van der Waals surface area contributed by atoms with Gasteiger partial charge in [0.25, 0.3) is 5.91 Å². The maximum Gasteiger partial charge on any atom is 0.267 e. The molecule has 1 amide bonds. The molecule has 2 N–H and O–H groups in total. The molecule has 5 nitrogen and oxygen atoms in total. The Kier molecular flexibility index (Phi) is 7.37. The first-order valence-electron chi connectivity index (χ1n) is 11.7. The summed E-state index contributed by atoms with van der Waals surface area (Å²) in [4.78, 5) is 16.5. The Morgan fingerprint density at radius 1 is 0.919 bits per heavy atom. The van der Waals surface area contributed by atoms with Crippen LogP contribution in [0, 0.1) is 0 Å². The maximum atomic E-state index is 11.5. The van der Waals surface area contributed by atoms with Crippen molar-refractivity contribution in [3.63, 3.8) is 0 Å². The Morgan fingerprint density at radius 2 is 1.62 bits per heavy atom. The molecule has 0 bridgehead atoms. The molecule has 7 heteroatoms. The number of hydrogen-bond donors (Lipinski definition) is 2. The normalized spacial score (nSPS) is 12.2. The molecule has 1 aromatic heterocycles. The number of rotatable bonds is 7. The van der Waals surface area contributed by atoms with Gasteiger partial charge in [-0.25, -0.2) is 10.5 Å². The molecule has 0 fully saturated rings. The van der Waals surface area contributed by atoms with Crippen molar-refractivity contribution in [1.29, 1.82) is 0 Å². The Labute approximate surface area is 224 Å². The van der Waals surface area contributed by atoms with Crippen LogP contribution >= 0.6 is 23.2 Å². The highest BCUT2D eigenvalue weighted by molar-refractivity contribution is 6.30. The zero-order valence-electron chi connectivity index (χ0n) is 19.7. The van der Waals surface area contributed by atoms with Crippen LogP contribution in [0.15, 0.2) is 103 Å². The lowest BCUT2D eigenvalue weighted by Crippen LogP contribution is -2.15. The summed E-state index contributed by atoms with van der Waals surface area (Å²) in [6.45, 7) is 0. The Hall–Kier alpha value is -3.90. The first-order valence-corrected chi connectivity index (χ1v) is 12.5. The lowest BCUT2D eigenvalue weighted by atomic mass is 9.97. The fourth-order valence-corrected chi connectivity index (χ4v) is 4.69. The van der Waals surface area contributed by atoms with Crippen LogP contribution in [0.25, 0.3) is 28.5 Å². The van der Waals surface area contributed by atoms with Gasteiger partial charge in [-0.1, -0.05) is 77.8 Å². The summed E-state index contributed by atoms with van der Waals surface area (Å²) in [6, 6.07) is 31.6. The van der Waals surface area contributed by atoms with Crippen LogP contribution in [-0.4, -0.2) is 20.7 Å². The highest BCUT2D eigenvalue weighted by Gasteiger charge is 2.22. The van der Waals surface area contributed by atoms with E-state index in [1.54, 1.807) is 11.6 Å². The summed E-state index contributed by atoms with van der Waals surface area (Å²) in [5.41, 5.74) is 7.44. The van der Waals surface area contributed by atoms with Crippen LogP contribution in [0.2, 0.25) is 10.0 Å². The van der Waals surface area contributed by atoms with Gasteiger partial charge in [-0.05, 0) is 71.7 Å². The van der Waals surface area contributed by atoms with Gasteiger partial charge in [0.1, 0.15) is 5.82 Å². The quantitative estimate of drug-likeness (QED) is 0.132. The summed E-state index contributed by atoms with van der Waals surface area (Å²) in [5.74, 6) is 0.209. The fraction of sp³-hybridized carbons (Fsp3) is 0.0667. The Bertz CT molecular complexity index is 1580. The first-order chi connectivity index (χ1) is 18.0. The van der Waals surface area contributed by atoms with E-state index in [-0.39, 0.29) is 6.04 Å². The number of amides is 1. The summed E-state index contributed by atoms with van der Waals surface area (Å²) in [7, 11) is 0. The molecule has 0 aliphatic heterocycles. The van der Waals surface area contributed by atoms with Gasteiger partial charge >= 0.3 is 0 Å². The van der Waals surface area contributed by atoms with E-state index in [4.69, 9.17) is 33.4 Å². The third kappa shape index (κ3) is 5.59. The number of hydrogen-bond acceptors (Lipinski definition) is 3. The van der Waals surface area contributed by atoms with Crippen LogP contribution in [0.4, 0.5) is 0 Å². The molecule has 0 saturated heterocycles. The van der Waals surface area contributed by atoms with Crippen molar-refractivity contribution >= 4 is 46.2 Å².